The van der Waals surface area contributed by atoms with Crippen molar-refractivity contribution >= 4 is 11.7 Å². The molecule has 1 fully saturated rings. The van der Waals surface area contributed by atoms with Gasteiger partial charge in [0.25, 0.3) is 0 Å². The van der Waals surface area contributed by atoms with Crippen LogP contribution in [0.1, 0.15) is 24.0 Å². The van der Waals surface area contributed by atoms with Gasteiger partial charge >= 0.3 is 0 Å². The third kappa shape index (κ3) is 4.17. The van der Waals surface area contributed by atoms with Crippen molar-refractivity contribution in [3.05, 3.63) is 71.8 Å². The second-order valence-electron chi connectivity index (χ2n) is 8.57. The summed E-state index contributed by atoms with van der Waals surface area (Å²) in [7, 11) is 1.66. The number of carbonyl (C=O) groups excluding carboxylic acids is 1. The number of amides is 1. The van der Waals surface area contributed by atoms with Gasteiger partial charge in [-0.25, -0.2) is 0 Å². The second-order valence-corrected chi connectivity index (χ2v) is 8.57. The molecule has 0 saturated carbocycles. The molecule has 0 radical (unpaired) electrons. The highest BCUT2D eigenvalue weighted by Gasteiger charge is 2.31. The largest absolute Gasteiger partial charge is 0.497 e. The van der Waals surface area contributed by atoms with E-state index in [0.717, 1.165) is 61.7 Å². The molecule has 0 spiro atoms. The highest BCUT2D eigenvalue weighted by atomic mass is 16.5. The van der Waals surface area contributed by atoms with Crippen LogP contribution in [0.5, 0.6) is 5.75 Å². The SMILES string of the molecule is COc1ccc(-c2ccc(N3CCCC(C(=O)N4CCc5ccccc5C4)C3)nn2)cc1. The maximum atomic E-state index is 13.3. The van der Waals surface area contributed by atoms with Crippen LogP contribution in [-0.2, 0) is 17.8 Å². The van der Waals surface area contributed by atoms with Gasteiger partial charge in [0.15, 0.2) is 5.82 Å². The molecule has 6 heteroatoms. The van der Waals surface area contributed by atoms with E-state index < -0.39 is 0 Å². The van der Waals surface area contributed by atoms with Crippen LogP contribution in [0.4, 0.5) is 5.82 Å². The minimum absolute atomic E-state index is 0.0112. The molecule has 1 unspecified atom stereocenters. The van der Waals surface area contributed by atoms with Gasteiger partial charge < -0.3 is 14.5 Å². The van der Waals surface area contributed by atoms with Gasteiger partial charge in [0, 0.05) is 31.7 Å². The number of methoxy groups -OCH3 is 1. The molecular formula is C26H28N4O2. The summed E-state index contributed by atoms with van der Waals surface area (Å²) < 4.78 is 5.22. The summed E-state index contributed by atoms with van der Waals surface area (Å²) in [6, 6.07) is 20.3. The van der Waals surface area contributed by atoms with Gasteiger partial charge in [-0.3, -0.25) is 4.79 Å². The Balaban J connectivity index is 1.25. The predicted octanol–water partition coefficient (Wildman–Crippen LogP) is 3.95. The van der Waals surface area contributed by atoms with Crippen molar-refractivity contribution in [2.75, 3.05) is 31.6 Å². The maximum absolute atomic E-state index is 13.3. The Bertz CT molecular complexity index is 1080. The third-order valence-electron chi connectivity index (χ3n) is 6.57. The zero-order valence-corrected chi connectivity index (χ0v) is 18.4. The Morgan fingerprint density at radius 1 is 0.969 bits per heavy atom. The molecule has 6 nitrogen and oxygen atoms in total. The lowest BCUT2D eigenvalue weighted by molar-refractivity contribution is -0.136. The van der Waals surface area contributed by atoms with E-state index in [2.05, 4.69) is 39.4 Å². The van der Waals surface area contributed by atoms with Crippen LogP contribution < -0.4 is 9.64 Å². The first-order chi connectivity index (χ1) is 15.7. The summed E-state index contributed by atoms with van der Waals surface area (Å²) >= 11 is 0. The van der Waals surface area contributed by atoms with Crippen LogP contribution in [0.2, 0.25) is 0 Å². The summed E-state index contributed by atoms with van der Waals surface area (Å²) in [4.78, 5) is 17.5. The monoisotopic (exact) mass is 428 g/mol. The average molecular weight is 429 g/mol. The molecule has 2 aliphatic rings. The predicted molar refractivity (Wildman–Crippen MR) is 125 cm³/mol. The fourth-order valence-corrected chi connectivity index (χ4v) is 4.74. The Labute approximate surface area is 188 Å². The van der Waals surface area contributed by atoms with E-state index >= 15 is 0 Å². The minimum atomic E-state index is 0.0112. The van der Waals surface area contributed by atoms with Crippen LogP contribution in [-0.4, -0.2) is 47.7 Å². The summed E-state index contributed by atoms with van der Waals surface area (Å²) in [5.74, 6) is 1.94. The van der Waals surface area contributed by atoms with Crippen molar-refractivity contribution in [2.24, 2.45) is 5.92 Å². The topological polar surface area (TPSA) is 58.6 Å². The number of aromatic nitrogens is 2. The molecule has 0 aliphatic carbocycles. The molecule has 1 aromatic heterocycles. The van der Waals surface area contributed by atoms with Crippen LogP contribution >= 0.6 is 0 Å². The van der Waals surface area contributed by atoms with E-state index in [4.69, 9.17) is 4.74 Å². The van der Waals surface area contributed by atoms with Gasteiger partial charge in [0.2, 0.25) is 5.91 Å². The van der Waals surface area contributed by atoms with Gasteiger partial charge in [-0.2, -0.15) is 0 Å². The second kappa shape index (κ2) is 8.99. The van der Waals surface area contributed by atoms with Crippen molar-refractivity contribution < 1.29 is 9.53 Å². The first-order valence-electron chi connectivity index (χ1n) is 11.3. The van der Waals surface area contributed by atoms with Crippen LogP contribution in [0.25, 0.3) is 11.3 Å². The van der Waals surface area contributed by atoms with Crippen molar-refractivity contribution in [1.82, 2.24) is 15.1 Å². The number of benzene rings is 2. The Morgan fingerprint density at radius 2 is 1.78 bits per heavy atom. The zero-order valence-electron chi connectivity index (χ0n) is 18.4. The number of hydrogen-bond acceptors (Lipinski definition) is 5. The molecule has 0 bridgehead atoms. The van der Waals surface area contributed by atoms with Crippen LogP contribution in [0.3, 0.4) is 0 Å². The molecular weight excluding hydrogens is 400 g/mol. The lowest BCUT2D eigenvalue weighted by Crippen LogP contribution is -2.46. The van der Waals surface area contributed by atoms with E-state index in [1.165, 1.54) is 11.1 Å². The molecule has 3 aromatic rings. The molecule has 3 heterocycles. The Morgan fingerprint density at radius 3 is 2.53 bits per heavy atom. The summed E-state index contributed by atoms with van der Waals surface area (Å²) in [5, 5.41) is 8.91. The van der Waals surface area contributed by atoms with E-state index in [9.17, 15) is 4.79 Å². The number of anilines is 1. The fraction of sp³-hybridized carbons (Fsp3) is 0.346. The standard InChI is InChI=1S/C26H28N4O2/c1-32-23-10-8-20(9-11-23)24-12-13-25(28-27-24)29-15-4-7-22(18-29)26(31)30-16-14-19-5-2-3-6-21(19)17-30/h2-3,5-6,8-13,22H,4,7,14-18H2,1H3. The highest BCUT2D eigenvalue weighted by Crippen LogP contribution is 2.27. The lowest BCUT2D eigenvalue weighted by Gasteiger charge is -2.37. The summed E-state index contributed by atoms with van der Waals surface area (Å²) in [6.07, 6.45) is 2.87. The number of ether oxygens (including phenoxy) is 1. The van der Waals surface area contributed by atoms with Crippen molar-refractivity contribution in [3.63, 3.8) is 0 Å². The third-order valence-corrected chi connectivity index (χ3v) is 6.57. The van der Waals surface area contributed by atoms with Crippen LogP contribution in [0, 0.1) is 5.92 Å². The van der Waals surface area contributed by atoms with Crippen LogP contribution in [0.15, 0.2) is 60.7 Å². The van der Waals surface area contributed by atoms with E-state index in [1.807, 2.05) is 41.3 Å². The van der Waals surface area contributed by atoms with Gasteiger partial charge in [-0.1, -0.05) is 24.3 Å². The number of piperidine rings is 1. The first-order valence-corrected chi connectivity index (χ1v) is 11.3. The number of fused-ring (bicyclic) bond motifs is 1. The van der Waals surface area contributed by atoms with Gasteiger partial charge in [0.05, 0.1) is 18.7 Å². The molecule has 1 saturated heterocycles. The molecule has 0 N–H and O–H groups in total. The van der Waals surface area contributed by atoms with E-state index in [-0.39, 0.29) is 11.8 Å². The fourth-order valence-electron chi connectivity index (χ4n) is 4.74. The molecule has 32 heavy (non-hydrogen) atoms. The minimum Gasteiger partial charge on any atom is -0.497 e. The quantitative estimate of drug-likeness (QED) is 0.630. The molecule has 2 aromatic carbocycles. The Kier molecular flexibility index (Phi) is 5.75. The average Bonchev–Trinajstić information content (AvgIpc) is 2.88. The van der Waals surface area contributed by atoms with E-state index in [0.29, 0.717) is 6.54 Å². The van der Waals surface area contributed by atoms with Crippen molar-refractivity contribution in [3.8, 4) is 17.0 Å². The van der Waals surface area contributed by atoms with Gasteiger partial charge in [-0.05, 0) is 66.8 Å². The lowest BCUT2D eigenvalue weighted by atomic mass is 9.94. The molecule has 2 aliphatic heterocycles. The molecule has 1 atom stereocenters. The van der Waals surface area contributed by atoms with Gasteiger partial charge in [0.1, 0.15) is 5.75 Å². The highest BCUT2D eigenvalue weighted by molar-refractivity contribution is 5.80. The number of rotatable bonds is 4. The number of carbonyl (C=O) groups is 1. The van der Waals surface area contributed by atoms with Crippen molar-refractivity contribution in [2.45, 2.75) is 25.8 Å². The smallest absolute Gasteiger partial charge is 0.227 e. The molecule has 1 amide bonds. The van der Waals surface area contributed by atoms with E-state index in [1.54, 1.807) is 7.11 Å². The molecule has 5 rings (SSSR count). The maximum Gasteiger partial charge on any atom is 0.227 e. The normalized spacial score (nSPS) is 18.2. The first kappa shape index (κ1) is 20.5. The van der Waals surface area contributed by atoms with Gasteiger partial charge in [-0.15, -0.1) is 10.2 Å². The Hall–Kier alpha value is -3.41. The summed E-state index contributed by atoms with van der Waals surface area (Å²) in [6.45, 7) is 3.14. The summed E-state index contributed by atoms with van der Waals surface area (Å²) in [5.41, 5.74) is 4.48. The number of nitrogens with zero attached hydrogens (tertiary/aromatic N) is 4. The number of hydrogen-bond donors (Lipinski definition) is 0. The molecule has 164 valence electrons. The zero-order chi connectivity index (χ0) is 21.9. The van der Waals surface area contributed by atoms with Crippen molar-refractivity contribution in [1.29, 1.82) is 0 Å².